The second-order valence-electron chi connectivity index (χ2n) is 7.02. The Bertz CT molecular complexity index is 971. The summed E-state index contributed by atoms with van der Waals surface area (Å²) in [6.07, 6.45) is 3.11. The first-order valence-corrected chi connectivity index (χ1v) is 8.78. The largest absolute Gasteiger partial charge is 0.384 e. The number of aryl methyl sites for hydroxylation is 2. The number of rotatable bonds is 2. The van der Waals surface area contributed by atoms with Gasteiger partial charge in [-0.1, -0.05) is 25.1 Å². The molecular weight excluding hydrogens is 310 g/mol. The molecule has 0 saturated carbocycles. The molecule has 1 atom stereocenters. The molecule has 128 valence electrons. The number of benzene rings is 2. The molecule has 4 heteroatoms. The molecule has 3 aromatic rings. The minimum atomic E-state index is -0.0600. The Hall–Kier alpha value is -2.75. The van der Waals surface area contributed by atoms with Crippen molar-refractivity contribution in [2.24, 2.45) is 7.05 Å². The normalized spacial score (nSPS) is 16.4. The first-order chi connectivity index (χ1) is 12.0. The lowest BCUT2D eigenvalue weighted by molar-refractivity contribution is 0.102. The van der Waals surface area contributed by atoms with E-state index in [1.54, 1.807) is 0 Å². The van der Waals surface area contributed by atoms with Gasteiger partial charge in [-0.25, -0.2) is 0 Å². The maximum atomic E-state index is 13.1. The Balaban J connectivity index is 1.76. The zero-order valence-corrected chi connectivity index (χ0v) is 14.9. The molecule has 0 spiro atoms. The molecule has 1 aliphatic heterocycles. The van der Waals surface area contributed by atoms with Gasteiger partial charge in [-0.2, -0.15) is 0 Å². The van der Waals surface area contributed by atoms with Gasteiger partial charge in [0, 0.05) is 25.2 Å². The summed E-state index contributed by atoms with van der Waals surface area (Å²) in [5, 5.41) is 7.68. The molecule has 1 aromatic heterocycles. The number of hydrogen-bond donors (Lipinski definition) is 2. The molecule has 2 N–H and O–H groups in total. The van der Waals surface area contributed by atoms with Crippen molar-refractivity contribution >= 4 is 28.2 Å². The van der Waals surface area contributed by atoms with Crippen molar-refractivity contribution in [3.63, 3.8) is 0 Å². The lowest BCUT2D eigenvalue weighted by atomic mass is 9.89. The van der Waals surface area contributed by atoms with Crippen LogP contribution in [0.15, 0.2) is 42.6 Å². The van der Waals surface area contributed by atoms with Gasteiger partial charge in [-0.15, -0.1) is 0 Å². The number of fused-ring (bicyclic) bond motifs is 2. The molecule has 0 bridgehead atoms. The topological polar surface area (TPSA) is 46.1 Å². The van der Waals surface area contributed by atoms with Gasteiger partial charge in [0.15, 0.2) is 0 Å². The Morgan fingerprint density at radius 3 is 2.96 bits per heavy atom. The standard InChI is InChI=1S/C21H23N3O/c1-13-11-16-14(2)7-9-22-19(16)17(12-13)21(25)23-18-6-4-5-15-8-10-24(3)20(15)18/h4-6,8,10-12,14,22H,7,9H2,1-3H3,(H,23,25). The molecule has 0 fully saturated rings. The summed E-state index contributed by atoms with van der Waals surface area (Å²) in [6.45, 7) is 5.19. The van der Waals surface area contributed by atoms with Crippen molar-refractivity contribution in [2.75, 3.05) is 17.2 Å². The number of carbonyl (C=O) groups is 1. The molecule has 25 heavy (non-hydrogen) atoms. The molecular formula is C21H23N3O. The maximum Gasteiger partial charge on any atom is 0.257 e. The molecule has 2 aromatic carbocycles. The third-order valence-electron chi connectivity index (χ3n) is 5.11. The molecule has 0 radical (unpaired) electrons. The van der Waals surface area contributed by atoms with Gasteiger partial charge in [0.1, 0.15) is 0 Å². The Morgan fingerprint density at radius 1 is 1.28 bits per heavy atom. The van der Waals surface area contributed by atoms with E-state index in [1.165, 1.54) is 5.56 Å². The van der Waals surface area contributed by atoms with Crippen molar-refractivity contribution in [2.45, 2.75) is 26.2 Å². The number of nitrogens with one attached hydrogen (secondary N) is 2. The Kier molecular flexibility index (Phi) is 3.75. The monoisotopic (exact) mass is 333 g/mol. The highest BCUT2D eigenvalue weighted by molar-refractivity contribution is 6.11. The van der Waals surface area contributed by atoms with Gasteiger partial charge >= 0.3 is 0 Å². The fourth-order valence-corrected chi connectivity index (χ4v) is 3.80. The van der Waals surface area contributed by atoms with Crippen molar-refractivity contribution in [3.05, 3.63) is 59.3 Å². The summed E-state index contributed by atoms with van der Waals surface area (Å²) < 4.78 is 2.04. The predicted octanol–water partition coefficient (Wildman–Crippen LogP) is 4.66. The Labute approximate surface area is 147 Å². The summed E-state index contributed by atoms with van der Waals surface area (Å²) in [4.78, 5) is 13.1. The third kappa shape index (κ3) is 2.68. The number of hydrogen-bond acceptors (Lipinski definition) is 2. The van der Waals surface area contributed by atoms with E-state index in [0.717, 1.165) is 46.4 Å². The number of aromatic nitrogens is 1. The van der Waals surface area contributed by atoms with E-state index in [4.69, 9.17) is 0 Å². The van der Waals surface area contributed by atoms with Gasteiger partial charge in [-0.3, -0.25) is 4.79 Å². The van der Waals surface area contributed by atoms with Crippen LogP contribution in [0.5, 0.6) is 0 Å². The molecule has 1 aliphatic rings. The summed E-state index contributed by atoms with van der Waals surface area (Å²) in [5.74, 6) is 0.411. The first-order valence-electron chi connectivity index (χ1n) is 8.78. The van der Waals surface area contributed by atoms with Gasteiger partial charge in [0.25, 0.3) is 5.91 Å². The molecule has 0 aliphatic carbocycles. The lowest BCUT2D eigenvalue weighted by Gasteiger charge is -2.26. The molecule has 2 heterocycles. The number of carbonyl (C=O) groups excluding carboxylic acids is 1. The number of amides is 1. The van der Waals surface area contributed by atoms with Crippen LogP contribution in [0.1, 0.15) is 40.7 Å². The van der Waals surface area contributed by atoms with Crippen LogP contribution in [0, 0.1) is 6.92 Å². The average Bonchev–Trinajstić information content (AvgIpc) is 2.97. The summed E-state index contributed by atoms with van der Waals surface area (Å²) in [6, 6.07) is 12.2. The van der Waals surface area contributed by atoms with E-state index >= 15 is 0 Å². The Morgan fingerprint density at radius 2 is 2.12 bits per heavy atom. The van der Waals surface area contributed by atoms with Crippen LogP contribution in [0.3, 0.4) is 0 Å². The second-order valence-corrected chi connectivity index (χ2v) is 7.02. The minimum Gasteiger partial charge on any atom is -0.384 e. The SMILES string of the molecule is Cc1cc(C(=O)Nc2cccc3ccn(C)c23)c2c(c1)C(C)CCN2. The quantitative estimate of drug-likeness (QED) is 0.716. The van der Waals surface area contributed by atoms with Crippen LogP contribution in [0.4, 0.5) is 11.4 Å². The maximum absolute atomic E-state index is 13.1. The van der Waals surface area contributed by atoms with Gasteiger partial charge < -0.3 is 15.2 Å². The molecule has 1 unspecified atom stereocenters. The molecule has 4 nitrogen and oxygen atoms in total. The molecule has 0 saturated heterocycles. The van der Waals surface area contributed by atoms with Crippen LogP contribution >= 0.6 is 0 Å². The van der Waals surface area contributed by atoms with Crippen LogP contribution in [0.25, 0.3) is 10.9 Å². The van der Waals surface area contributed by atoms with Crippen molar-refractivity contribution in [1.82, 2.24) is 4.57 Å². The summed E-state index contributed by atoms with van der Waals surface area (Å²) in [7, 11) is 2.00. The van der Waals surface area contributed by atoms with E-state index in [0.29, 0.717) is 5.92 Å². The van der Waals surface area contributed by atoms with Crippen molar-refractivity contribution in [3.8, 4) is 0 Å². The van der Waals surface area contributed by atoms with Gasteiger partial charge in [0.2, 0.25) is 0 Å². The van der Waals surface area contributed by atoms with Crippen LogP contribution in [-0.2, 0) is 7.05 Å². The highest BCUT2D eigenvalue weighted by atomic mass is 16.1. The smallest absolute Gasteiger partial charge is 0.257 e. The zero-order chi connectivity index (χ0) is 17.6. The van der Waals surface area contributed by atoms with E-state index in [-0.39, 0.29) is 5.91 Å². The number of para-hydroxylation sites is 1. The van der Waals surface area contributed by atoms with Crippen molar-refractivity contribution in [1.29, 1.82) is 0 Å². The highest BCUT2D eigenvalue weighted by Crippen LogP contribution is 2.35. The molecule has 1 amide bonds. The van der Waals surface area contributed by atoms with E-state index in [1.807, 2.05) is 36.0 Å². The van der Waals surface area contributed by atoms with Crippen LogP contribution in [-0.4, -0.2) is 17.0 Å². The fraction of sp³-hybridized carbons (Fsp3) is 0.286. The number of anilines is 2. The second kappa shape index (κ2) is 5.96. The predicted molar refractivity (Wildman–Crippen MR) is 104 cm³/mol. The van der Waals surface area contributed by atoms with Crippen LogP contribution in [0.2, 0.25) is 0 Å². The van der Waals surface area contributed by atoms with E-state index in [9.17, 15) is 4.79 Å². The summed E-state index contributed by atoms with van der Waals surface area (Å²) >= 11 is 0. The summed E-state index contributed by atoms with van der Waals surface area (Å²) in [5.41, 5.74) is 5.96. The average molecular weight is 333 g/mol. The van der Waals surface area contributed by atoms with Crippen LogP contribution < -0.4 is 10.6 Å². The lowest BCUT2D eigenvalue weighted by Crippen LogP contribution is -2.21. The van der Waals surface area contributed by atoms with E-state index in [2.05, 4.69) is 42.7 Å². The highest BCUT2D eigenvalue weighted by Gasteiger charge is 2.23. The number of nitrogens with zero attached hydrogens (tertiary/aromatic N) is 1. The minimum absolute atomic E-state index is 0.0600. The van der Waals surface area contributed by atoms with Gasteiger partial charge in [0.05, 0.1) is 22.5 Å². The molecule has 4 rings (SSSR count). The van der Waals surface area contributed by atoms with Crippen molar-refractivity contribution < 1.29 is 4.79 Å². The fourth-order valence-electron chi connectivity index (χ4n) is 3.80. The first kappa shape index (κ1) is 15.8. The van der Waals surface area contributed by atoms with Gasteiger partial charge in [-0.05, 0) is 48.6 Å². The zero-order valence-electron chi connectivity index (χ0n) is 14.9. The van der Waals surface area contributed by atoms with E-state index < -0.39 is 0 Å². The third-order valence-corrected chi connectivity index (χ3v) is 5.11.